The fourth-order valence-corrected chi connectivity index (χ4v) is 9.44. The Labute approximate surface area is 439 Å². The highest BCUT2D eigenvalue weighted by molar-refractivity contribution is 7.47. The molecule has 0 aliphatic carbocycles. The van der Waals surface area contributed by atoms with Crippen LogP contribution in [0.2, 0.25) is 0 Å². The van der Waals surface area contributed by atoms with Crippen LogP contribution in [0.1, 0.15) is 278 Å². The molecule has 1 amide bonds. The number of amides is 1. The van der Waals surface area contributed by atoms with Gasteiger partial charge < -0.3 is 19.4 Å². The Balaban J connectivity index is 5.18. The number of carbonyl (C=O) groups excluding carboxylic acids is 2. The highest BCUT2D eigenvalue weighted by Crippen LogP contribution is 2.43. The number of rotatable bonds is 54. The molecule has 416 valence electrons. The normalized spacial score (nSPS) is 14.1. The number of quaternary nitrogens is 1. The molecule has 0 aromatic carbocycles. The Kier molecular flexibility index (Phi) is 50.0. The van der Waals surface area contributed by atoms with Gasteiger partial charge in [-0.2, -0.15) is 0 Å². The van der Waals surface area contributed by atoms with E-state index in [0.717, 1.165) is 83.5 Å². The average molecular weight is 1020 g/mol. The fourth-order valence-electron chi connectivity index (χ4n) is 8.71. The maximum Gasteiger partial charge on any atom is 0.472 e. The molecule has 0 spiro atoms. The van der Waals surface area contributed by atoms with Crippen molar-refractivity contribution < 1.29 is 37.3 Å². The van der Waals surface area contributed by atoms with Crippen LogP contribution in [0.3, 0.4) is 0 Å². The van der Waals surface area contributed by atoms with Gasteiger partial charge in [-0.15, -0.1) is 0 Å². The van der Waals surface area contributed by atoms with Crippen molar-refractivity contribution in [3.05, 3.63) is 48.6 Å². The van der Waals surface area contributed by atoms with Crippen LogP contribution >= 0.6 is 7.82 Å². The lowest BCUT2D eigenvalue weighted by molar-refractivity contribution is -0.870. The summed E-state index contributed by atoms with van der Waals surface area (Å²) in [4.78, 5) is 37.6. The average Bonchev–Trinajstić information content (AvgIpc) is 3.33. The molecule has 0 bridgehead atoms. The molecule has 3 unspecified atom stereocenters. The summed E-state index contributed by atoms with van der Waals surface area (Å²) in [5, 5.41) is 3.04. The molecule has 2 N–H and O–H groups in total. The largest absolute Gasteiger partial charge is 0.472 e. The minimum absolute atomic E-state index is 0.0366. The molecule has 9 nitrogen and oxygen atoms in total. The number of phosphoric acid groups is 1. The molecule has 0 saturated carbocycles. The SMILES string of the molecule is CC/C=C/C=C/C=C\CCCCCCCC(=O)NC(COP(=O)(O)OCC[N+](C)(C)C)C(/C=C\CCCCCCCCCCC)OC(=O)CCCCCCCCCCCCCCCCCCCCCCC. The zero-order chi connectivity index (χ0) is 52.2. The number of phosphoric ester groups is 1. The van der Waals surface area contributed by atoms with E-state index in [9.17, 15) is 19.0 Å². The number of nitrogens with zero attached hydrogens (tertiary/aromatic N) is 1. The van der Waals surface area contributed by atoms with Crippen LogP contribution in [0.5, 0.6) is 0 Å². The monoisotopic (exact) mass is 1020 g/mol. The Morgan fingerprint density at radius 2 is 0.901 bits per heavy atom. The van der Waals surface area contributed by atoms with Gasteiger partial charge in [-0.1, -0.05) is 262 Å². The van der Waals surface area contributed by atoms with Crippen LogP contribution in [0.25, 0.3) is 0 Å². The van der Waals surface area contributed by atoms with Crippen molar-refractivity contribution in [1.82, 2.24) is 5.32 Å². The first-order valence-corrected chi connectivity index (χ1v) is 31.5. The lowest BCUT2D eigenvalue weighted by Crippen LogP contribution is -2.47. The Morgan fingerprint density at radius 1 is 0.507 bits per heavy atom. The number of allylic oxidation sites excluding steroid dienone is 7. The van der Waals surface area contributed by atoms with Crippen molar-refractivity contribution >= 4 is 19.7 Å². The zero-order valence-corrected chi connectivity index (χ0v) is 48.4. The summed E-state index contributed by atoms with van der Waals surface area (Å²) in [6.45, 7) is 6.88. The first-order valence-electron chi connectivity index (χ1n) is 30.0. The van der Waals surface area contributed by atoms with Crippen molar-refractivity contribution in [2.45, 2.75) is 290 Å². The van der Waals surface area contributed by atoms with E-state index < -0.39 is 20.0 Å². The van der Waals surface area contributed by atoms with E-state index in [1.54, 1.807) is 0 Å². The van der Waals surface area contributed by atoms with Crippen LogP contribution in [-0.4, -0.2) is 74.3 Å². The molecular formula is C61H116N2O7P+. The quantitative estimate of drug-likeness (QED) is 0.0156. The summed E-state index contributed by atoms with van der Waals surface area (Å²) in [6.07, 6.45) is 62.6. The maximum atomic E-state index is 13.5. The molecule has 0 radical (unpaired) electrons. The molecule has 71 heavy (non-hydrogen) atoms. The second-order valence-electron chi connectivity index (χ2n) is 21.6. The number of carbonyl (C=O) groups is 2. The van der Waals surface area contributed by atoms with Crippen LogP contribution in [0, 0.1) is 0 Å². The molecule has 0 aliphatic heterocycles. The van der Waals surface area contributed by atoms with Gasteiger partial charge in [0.1, 0.15) is 19.3 Å². The summed E-state index contributed by atoms with van der Waals surface area (Å²) >= 11 is 0. The van der Waals surface area contributed by atoms with Gasteiger partial charge in [0, 0.05) is 12.8 Å². The number of ether oxygens (including phenoxy) is 1. The van der Waals surface area contributed by atoms with Gasteiger partial charge in [-0.25, -0.2) is 4.57 Å². The minimum atomic E-state index is -4.45. The molecule has 0 aromatic rings. The van der Waals surface area contributed by atoms with E-state index in [-0.39, 0.29) is 25.1 Å². The van der Waals surface area contributed by atoms with Crippen molar-refractivity contribution in [1.29, 1.82) is 0 Å². The second-order valence-corrected chi connectivity index (χ2v) is 23.0. The Bertz CT molecular complexity index is 1360. The lowest BCUT2D eigenvalue weighted by atomic mass is 10.0. The predicted molar refractivity (Wildman–Crippen MR) is 305 cm³/mol. The number of nitrogens with one attached hydrogen (secondary N) is 1. The van der Waals surface area contributed by atoms with Crippen molar-refractivity contribution in [3.63, 3.8) is 0 Å². The van der Waals surface area contributed by atoms with E-state index >= 15 is 0 Å². The van der Waals surface area contributed by atoms with Gasteiger partial charge in [-0.3, -0.25) is 18.6 Å². The van der Waals surface area contributed by atoms with Crippen molar-refractivity contribution in [2.24, 2.45) is 0 Å². The van der Waals surface area contributed by atoms with Gasteiger partial charge in [0.15, 0.2) is 0 Å². The van der Waals surface area contributed by atoms with E-state index in [2.05, 4.69) is 62.5 Å². The third-order valence-electron chi connectivity index (χ3n) is 13.3. The highest BCUT2D eigenvalue weighted by Gasteiger charge is 2.30. The number of esters is 1. The topological polar surface area (TPSA) is 111 Å². The smallest absolute Gasteiger partial charge is 0.456 e. The summed E-state index contributed by atoms with van der Waals surface area (Å²) in [6, 6.07) is -0.855. The van der Waals surface area contributed by atoms with E-state index in [1.165, 1.54) is 161 Å². The van der Waals surface area contributed by atoms with Crippen molar-refractivity contribution in [3.8, 4) is 0 Å². The molecule has 3 atom stereocenters. The van der Waals surface area contributed by atoms with E-state index in [1.807, 2.05) is 33.3 Å². The first-order chi connectivity index (χ1) is 34.4. The van der Waals surface area contributed by atoms with Crippen LogP contribution in [0.15, 0.2) is 48.6 Å². The van der Waals surface area contributed by atoms with Gasteiger partial charge in [0.2, 0.25) is 5.91 Å². The molecule has 0 heterocycles. The van der Waals surface area contributed by atoms with Gasteiger partial charge in [0.05, 0.1) is 33.8 Å². The molecule has 0 rings (SSSR count). The maximum absolute atomic E-state index is 13.5. The molecule has 0 fully saturated rings. The number of unbranched alkanes of at least 4 members (excludes halogenated alkanes) is 34. The zero-order valence-electron chi connectivity index (χ0n) is 47.5. The van der Waals surface area contributed by atoms with Crippen LogP contribution in [-0.2, 0) is 27.9 Å². The van der Waals surface area contributed by atoms with Gasteiger partial charge >= 0.3 is 13.8 Å². The summed E-state index contributed by atoms with van der Waals surface area (Å²) < 4.78 is 30.6. The number of likely N-dealkylation sites (N-methyl/N-ethyl adjacent to an activating group) is 1. The third-order valence-corrected chi connectivity index (χ3v) is 14.3. The fraction of sp³-hybridized carbons (Fsp3) is 0.836. The third kappa shape index (κ3) is 52.6. The van der Waals surface area contributed by atoms with E-state index in [4.69, 9.17) is 13.8 Å². The summed E-state index contributed by atoms with van der Waals surface area (Å²) in [5.74, 6) is -0.521. The lowest BCUT2D eigenvalue weighted by Gasteiger charge is -2.27. The number of hydrogen-bond donors (Lipinski definition) is 2. The number of hydrogen-bond acceptors (Lipinski definition) is 6. The Hall–Kier alpha value is -2.03. The second kappa shape index (κ2) is 51.5. The van der Waals surface area contributed by atoms with Crippen LogP contribution in [0.4, 0.5) is 0 Å². The molecule has 0 aliphatic rings. The molecule has 0 aromatic heterocycles. The molecule has 0 saturated heterocycles. The first kappa shape index (κ1) is 69.0. The highest BCUT2D eigenvalue weighted by atomic mass is 31.2. The molecular weight excluding hydrogens is 904 g/mol. The minimum Gasteiger partial charge on any atom is -0.456 e. The predicted octanol–water partition coefficient (Wildman–Crippen LogP) is 18.1. The molecule has 10 heteroatoms. The summed E-state index contributed by atoms with van der Waals surface area (Å²) in [7, 11) is 1.49. The van der Waals surface area contributed by atoms with Crippen LogP contribution < -0.4 is 5.32 Å². The van der Waals surface area contributed by atoms with Crippen molar-refractivity contribution in [2.75, 3.05) is 40.9 Å². The Morgan fingerprint density at radius 3 is 1.34 bits per heavy atom. The van der Waals surface area contributed by atoms with E-state index in [0.29, 0.717) is 23.9 Å². The van der Waals surface area contributed by atoms with Gasteiger partial charge in [0.25, 0.3) is 0 Å². The van der Waals surface area contributed by atoms with Gasteiger partial charge in [-0.05, 0) is 51.0 Å². The standard InChI is InChI=1S/C61H115N2O7P/c1-7-10-13-16-19-22-25-27-28-29-30-31-32-33-34-36-39-42-45-48-51-54-61(65)70-59(52-49-46-43-40-37-24-21-18-15-12-9-3)58(57-69-71(66,67)68-56-55-63(4,5)6)62-60(64)53-50-47-44-41-38-35-26-23-20-17-14-11-8-2/h11,14,17,20,23,26,49,52,58-59H,7-10,12-13,15-16,18-19,21-22,24-25,27-48,50-51,53-57H2,1-6H3,(H-,62,64,66,67)/p+1/b14-11+,20-17+,26-23-,52-49-. The summed E-state index contributed by atoms with van der Waals surface area (Å²) in [5.41, 5.74) is 0.